The van der Waals surface area contributed by atoms with E-state index in [4.69, 9.17) is 5.73 Å². The fourth-order valence-electron chi connectivity index (χ4n) is 2.57. The molecule has 0 atom stereocenters. The van der Waals surface area contributed by atoms with Gasteiger partial charge in [-0.1, -0.05) is 30.3 Å². The van der Waals surface area contributed by atoms with Crippen LogP contribution in [-0.2, 0) is 0 Å². The van der Waals surface area contributed by atoms with E-state index in [1.165, 1.54) is 0 Å². The normalized spacial score (nSPS) is 10.7. The zero-order valence-corrected chi connectivity index (χ0v) is 12.8. The predicted molar refractivity (Wildman–Crippen MR) is 94.9 cm³/mol. The first-order valence-electron chi connectivity index (χ1n) is 7.57. The number of nitrogens with zero attached hydrogens (tertiary/aromatic N) is 3. The number of anilines is 1. The standard InChI is InChI=1S/C19H15N5/c20-16-8-15(10-21-11-16)14-6-7-22-17(9-14)19-23-12-18(24-19)13-4-2-1-3-5-13/h1-12H,20H2,(H,23,24). The van der Waals surface area contributed by atoms with Crippen LogP contribution < -0.4 is 5.73 Å². The lowest BCUT2D eigenvalue weighted by atomic mass is 10.1. The fourth-order valence-corrected chi connectivity index (χ4v) is 2.57. The van der Waals surface area contributed by atoms with Crippen LogP contribution in [-0.4, -0.2) is 19.9 Å². The van der Waals surface area contributed by atoms with Crippen LogP contribution in [0.15, 0.2) is 73.3 Å². The van der Waals surface area contributed by atoms with Crippen molar-refractivity contribution in [3.05, 3.63) is 73.3 Å². The quantitative estimate of drug-likeness (QED) is 0.603. The summed E-state index contributed by atoms with van der Waals surface area (Å²) < 4.78 is 0. The lowest BCUT2D eigenvalue weighted by Crippen LogP contribution is -1.90. The third-order valence-corrected chi connectivity index (χ3v) is 3.76. The summed E-state index contributed by atoms with van der Waals surface area (Å²) in [5.41, 5.74) is 11.2. The van der Waals surface area contributed by atoms with Crippen LogP contribution in [0.5, 0.6) is 0 Å². The lowest BCUT2D eigenvalue weighted by molar-refractivity contribution is 1.22. The first-order chi connectivity index (χ1) is 11.8. The number of hydrogen-bond acceptors (Lipinski definition) is 4. The highest BCUT2D eigenvalue weighted by molar-refractivity contribution is 5.70. The van der Waals surface area contributed by atoms with Gasteiger partial charge in [-0.05, 0) is 29.3 Å². The van der Waals surface area contributed by atoms with Crippen LogP contribution in [0.4, 0.5) is 5.69 Å². The van der Waals surface area contributed by atoms with Gasteiger partial charge in [-0.3, -0.25) is 9.97 Å². The largest absolute Gasteiger partial charge is 0.397 e. The maximum absolute atomic E-state index is 5.82. The highest BCUT2D eigenvalue weighted by Gasteiger charge is 2.08. The summed E-state index contributed by atoms with van der Waals surface area (Å²) >= 11 is 0. The van der Waals surface area contributed by atoms with Gasteiger partial charge < -0.3 is 10.7 Å². The second-order valence-corrected chi connectivity index (χ2v) is 5.45. The van der Waals surface area contributed by atoms with Gasteiger partial charge in [0.1, 0.15) is 5.69 Å². The number of rotatable bonds is 3. The van der Waals surface area contributed by atoms with Crippen molar-refractivity contribution < 1.29 is 0 Å². The molecule has 4 rings (SSSR count). The van der Waals surface area contributed by atoms with E-state index in [1.807, 2.05) is 54.7 Å². The van der Waals surface area contributed by atoms with Gasteiger partial charge in [-0.2, -0.15) is 0 Å². The summed E-state index contributed by atoms with van der Waals surface area (Å²) in [6.07, 6.45) is 7.00. The van der Waals surface area contributed by atoms with Crippen LogP contribution in [0.25, 0.3) is 33.9 Å². The van der Waals surface area contributed by atoms with E-state index in [2.05, 4.69) is 19.9 Å². The SMILES string of the molecule is Nc1cncc(-c2ccnc(-c3ncc(-c4ccccc4)[nH]3)c2)c1. The zero-order chi connectivity index (χ0) is 16.4. The van der Waals surface area contributed by atoms with Crippen molar-refractivity contribution in [2.75, 3.05) is 5.73 Å². The minimum absolute atomic E-state index is 0.634. The van der Waals surface area contributed by atoms with Crippen LogP contribution in [0.2, 0.25) is 0 Å². The molecule has 5 heteroatoms. The molecule has 0 aliphatic carbocycles. The van der Waals surface area contributed by atoms with E-state index in [-0.39, 0.29) is 0 Å². The molecule has 1 aromatic carbocycles. The molecule has 0 fully saturated rings. The lowest BCUT2D eigenvalue weighted by Gasteiger charge is -2.04. The summed E-state index contributed by atoms with van der Waals surface area (Å²) in [7, 11) is 0. The van der Waals surface area contributed by atoms with E-state index in [1.54, 1.807) is 18.6 Å². The third kappa shape index (κ3) is 2.75. The Balaban J connectivity index is 1.71. The van der Waals surface area contributed by atoms with Gasteiger partial charge in [-0.25, -0.2) is 4.98 Å². The second-order valence-electron chi connectivity index (χ2n) is 5.45. The number of hydrogen-bond donors (Lipinski definition) is 2. The maximum Gasteiger partial charge on any atom is 0.156 e. The minimum atomic E-state index is 0.634. The average Bonchev–Trinajstić information content (AvgIpc) is 3.13. The average molecular weight is 313 g/mol. The van der Waals surface area contributed by atoms with E-state index in [0.717, 1.165) is 33.9 Å². The molecule has 3 heterocycles. The monoisotopic (exact) mass is 313 g/mol. The smallest absolute Gasteiger partial charge is 0.156 e. The topological polar surface area (TPSA) is 80.5 Å². The molecule has 0 spiro atoms. The van der Waals surface area contributed by atoms with Gasteiger partial charge in [0.25, 0.3) is 0 Å². The Kier molecular flexibility index (Phi) is 3.51. The van der Waals surface area contributed by atoms with Crippen molar-refractivity contribution in [2.24, 2.45) is 0 Å². The molecular weight excluding hydrogens is 298 g/mol. The number of aromatic amines is 1. The van der Waals surface area contributed by atoms with Gasteiger partial charge in [0.05, 0.1) is 17.6 Å². The molecule has 5 nitrogen and oxygen atoms in total. The highest BCUT2D eigenvalue weighted by atomic mass is 14.9. The van der Waals surface area contributed by atoms with Gasteiger partial charge >= 0.3 is 0 Å². The predicted octanol–water partition coefficient (Wildman–Crippen LogP) is 3.78. The Bertz CT molecular complexity index is 976. The van der Waals surface area contributed by atoms with Crippen LogP contribution in [0.3, 0.4) is 0 Å². The number of imidazole rings is 1. The summed E-state index contributed by atoms with van der Waals surface area (Å²) in [6.45, 7) is 0. The Morgan fingerprint density at radius 2 is 1.67 bits per heavy atom. The van der Waals surface area contributed by atoms with E-state index < -0.39 is 0 Å². The Morgan fingerprint density at radius 1 is 0.792 bits per heavy atom. The second kappa shape index (κ2) is 5.96. The Labute approximate surface area is 139 Å². The molecule has 0 unspecified atom stereocenters. The minimum Gasteiger partial charge on any atom is -0.397 e. The number of nitrogens with one attached hydrogen (secondary N) is 1. The molecule has 0 aliphatic rings. The van der Waals surface area contributed by atoms with Crippen LogP contribution in [0, 0.1) is 0 Å². The molecule has 0 amide bonds. The summed E-state index contributed by atoms with van der Waals surface area (Å²) in [5, 5.41) is 0. The molecule has 0 radical (unpaired) electrons. The van der Waals surface area contributed by atoms with Crippen molar-refractivity contribution in [2.45, 2.75) is 0 Å². The molecular formula is C19H15N5. The Morgan fingerprint density at radius 3 is 2.50 bits per heavy atom. The van der Waals surface area contributed by atoms with Gasteiger partial charge in [0, 0.05) is 24.2 Å². The molecule has 0 aliphatic heterocycles. The zero-order valence-electron chi connectivity index (χ0n) is 12.8. The molecule has 4 aromatic rings. The van der Waals surface area contributed by atoms with Gasteiger partial charge in [-0.15, -0.1) is 0 Å². The van der Waals surface area contributed by atoms with Crippen molar-refractivity contribution in [3.63, 3.8) is 0 Å². The van der Waals surface area contributed by atoms with Gasteiger partial charge in [0.2, 0.25) is 0 Å². The molecule has 0 bridgehead atoms. The molecule has 0 saturated carbocycles. The molecule has 116 valence electrons. The fraction of sp³-hybridized carbons (Fsp3) is 0. The maximum atomic E-state index is 5.82. The number of H-pyrrole nitrogens is 1. The molecule has 3 aromatic heterocycles. The number of pyridine rings is 2. The first kappa shape index (κ1) is 14.1. The number of nitrogens with two attached hydrogens (primary N) is 1. The number of benzene rings is 1. The first-order valence-corrected chi connectivity index (χ1v) is 7.57. The number of nitrogen functional groups attached to an aromatic ring is 1. The molecule has 24 heavy (non-hydrogen) atoms. The van der Waals surface area contributed by atoms with Crippen molar-refractivity contribution >= 4 is 5.69 Å². The van der Waals surface area contributed by atoms with Crippen molar-refractivity contribution in [1.82, 2.24) is 19.9 Å². The van der Waals surface area contributed by atoms with Crippen LogP contribution in [0.1, 0.15) is 0 Å². The Hall–Kier alpha value is -3.47. The number of aromatic nitrogens is 4. The van der Waals surface area contributed by atoms with Crippen LogP contribution >= 0.6 is 0 Å². The van der Waals surface area contributed by atoms with E-state index >= 15 is 0 Å². The van der Waals surface area contributed by atoms with E-state index in [9.17, 15) is 0 Å². The van der Waals surface area contributed by atoms with Crippen molar-refractivity contribution in [1.29, 1.82) is 0 Å². The van der Waals surface area contributed by atoms with E-state index in [0.29, 0.717) is 5.69 Å². The third-order valence-electron chi connectivity index (χ3n) is 3.76. The summed E-state index contributed by atoms with van der Waals surface area (Å²) in [5.74, 6) is 0.729. The summed E-state index contributed by atoms with van der Waals surface area (Å²) in [6, 6.07) is 15.9. The summed E-state index contributed by atoms with van der Waals surface area (Å²) in [4.78, 5) is 16.3. The molecule has 0 saturated heterocycles. The van der Waals surface area contributed by atoms with Crippen molar-refractivity contribution in [3.8, 4) is 33.9 Å². The van der Waals surface area contributed by atoms with Gasteiger partial charge in [0.15, 0.2) is 5.82 Å². The highest BCUT2D eigenvalue weighted by Crippen LogP contribution is 2.25. The molecule has 3 N–H and O–H groups in total.